The first-order valence-corrected chi connectivity index (χ1v) is 7.15. The number of thiazole rings is 1. The Labute approximate surface area is 119 Å². The monoisotopic (exact) mass is 291 g/mol. The maximum Gasteiger partial charge on any atom is 0.289 e. The van der Waals surface area contributed by atoms with E-state index in [0.717, 1.165) is 0 Å². The molecule has 7 heteroatoms. The Kier molecular flexibility index (Phi) is 3.51. The molecule has 2 aromatic heterocycles. The highest BCUT2D eigenvalue weighted by Crippen LogP contribution is 2.13. The van der Waals surface area contributed by atoms with E-state index < -0.39 is 0 Å². The number of hydrogen-bond acceptors (Lipinski definition) is 5. The number of nitrogens with zero attached hydrogens (tertiary/aromatic N) is 3. The molecule has 1 aliphatic heterocycles. The van der Waals surface area contributed by atoms with E-state index in [1.807, 2.05) is 0 Å². The third kappa shape index (κ3) is 2.44. The minimum Gasteiger partial charge on any atom is -0.459 e. The molecule has 2 amide bonds. The lowest BCUT2D eigenvalue weighted by Crippen LogP contribution is -2.50. The second-order valence-corrected chi connectivity index (χ2v) is 5.29. The number of furan rings is 1. The van der Waals surface area contributed by atoms with Crippen LogP contribution in [0.3, 0.4) is 0 Å². The van der Waals surface area contributed by atoms with E-state index in [9.17, 15) is 9.59 Å². The summed E-state index contributed by atoms with van der Waals surface area (Å²) >= 11 is 1.33. The van der Waals surface area contributed by atoms with Gasteiger partial charge in [-0.1, -0.05) is 0 Å². The van der Waals surface area contributed by atoms with E-state index in [0.29, 0.717) is 36.9 Å². The van der Waals surface area contributed by atoms with Gasteiger partial charge in [0, 0.05) is 37.8 Å². The van der Waals surface area contributed by atoms with Crippen molar-refractivity contribution in [2.75, 3.05) is 26.2 Å². The van der Waals surface area contributed by atoms with Crippen LogP contribution in [0.15, 0.2) is 34.4 Å². The van der Waals surface area contributed by atoms with Gasteiger partial charge in [0.2, 0.25) is 0 Å². The minimum absolute atomic E-state index is 0.0647. The fraction of sp³-hybridized carbons (Fsp3) is 0.308. The van der Waals surface area contributed by atoms with Gasteiger partial charge in [-0.25, -0.2) is 4.98 Å². The van der Waals surface area contributed by atoms with Crippen LogP contribution in [0.5, 0.6) is 0 Å². The van der Waals surface area contributed by atoms with Crippen LogP contribution in [0, 0.1) is 0 Å². The molecule has 0 unspecified atom stereocenters. The van der Waals surface area contributed by atoms with Crippen LogP contribution < -0.4 is 0 Å². The zero-order valence-corrected chi connectivity index (χ0v) is 11.5. The first-order valence-electron chi connectivity index (χ1n) is 6.27. The van der Waals surface area contributed by atoms with Crippen molar-refractivity contribution < 1.29 is 14.0 Å². The number of carbonyl (C=O) groups is 2. The maximum atomic E-state index is 12.1. The molecule has 0 bridgehead atoms. The molecule has 0 radical (unpaired) electrons. The van der Waals surface area contributed by atoms with Crippen molar-refractivity contribution in [2.24, 2.45) is 0 Å². The molecule has 1 aliphatic rings. The normalized spacial score (nSPS) is 15.4. The predicted octanol–water partition coefficient (Wildman–Crippen LogP) is 1.33. The van der Waals surface area contributed by atoms with Gasteiger partial charge in [0.05, 0.1) is 6.26 Å². The first-order chi connectivity index (χ1) is 9.75. The van der Waals surface area contributed by atoms with E-state index in [1.165, 1.54) is 17.6 Å². The Morgan fingerprint density at radius 1 is 1.15 bits per heavy atom. The van der Waals surface area contributed by atoms with Crippen LogP contribution in [-0.4, -0.2) is 52.8 Å². The van der Waals surface area contributed by atoms with Gasteiger partial charge >= 0.3 is 0 Å². The van der Waals surface area contributed by atoms with Crippen molar-refractivity contribution in [1.82, 2.24) is 14.8 Å². The number of rotatable bonds is 2. The SMILES string of the molecule is O=C(c1ccco1)N1CCN(C(=O)c2nccs2)CC1. The zero-order chi connectivity index (χ0) is 13.9. The molecule has 0 aliphatic carbocycles. The molecule has 0 atom stereocenters. The Morgan fingerprint density at radius 2 is 1.85 bits per heavy atom. The molecule has 1 saturated heterocycles. The van der Waals surface area contributed by atoms with Gasteiger partial charge in [-0.2, -0.15) is 0 Å². The van der Waals surface area contributed by atoms with Gasteiger partial charge in [0.25, 0.3) is 11.8 Å². The molecule has 3 rings (SSSR count). The van der Waals surface area contributed by atoms with Crippen LogP contribution >= 0.6 is 11.3 Å². The van der Waals surface area contributed by atoms with Crippen LogP contribution in [-0.2, 0) is 0 Å². The van der Waals surface area contributed by atoms with Crippen molar-refractivity contribution in [1.29, 1.82) is 0 Å². The third-order valence-corrected chi connectivity index (χ3v) is 3.96. The minimum atomic E-state index is -0.128. The lowest BCUT2D eigenvalue weighted by Gasteiger charge is -2.33. The van der Waals surface area contributed by atoms with E-state index in [1.54, 1.807) is 33.5 Å². The van der Waals surface area contributed by atoms with Crippen LogP contribution in [0.4, 0.5) is 0 Å². The van der Waals surface area contributed by atoms with Crippen LogP contribution in [0.1, 0.15) is 20.4 Å². The molecule has 2 aromatic rings. The van der Waals surface area contributed by atoms with Gasteiger partial charge in [-0.3, -0.25) is 9.59 Å². The molecule has 0 N–H and O–H groups in total. The van der Waals surface area contributed by atoms with Gasteiger partial charge in [0.1, 0.15) is 0 Å². The molecular formula is C13H13N3O3S. The summed E-state index contributed by atoms with van der Waals surface area (Å²) in [6, 6.07) is 3.34. The van der Waals surface area contributed by atoms with Crippen molar-refractivity contribution in [3.05, 3.63) is 40.7 Å². The molecule has 0 spiro atoms. The highest BCUT2D eigenvalue weighted by atomic mass is 32.1. The van der Waals surface area contributed by atoms with Crippen molar-refractivity contribution in [3.63, 3.8) is 0 Å². The lowest BCUT2D eigenvalue weighted by molar-refractivity contribution is 0.0518. The maximum absolute atomic E-state index is 12.1. The smallest absolute Gasteiger partial charge is 0.289 e. The highest BCUT2D eigenvalue weighted by molar-refractivity contribution is 7.11. The summed E-state index contributed by atoms with van der Waals surface area (Å²) in [6.07, 6.45) is 3.10. The van der Waals surface area contributed by atoms with Gasteiger partial charge in [0.15, 0.2) is 10.8 Å². The van der Waals surface area contributed by atoms with Gasteiger partial charge in [-0.05, 0) is 12.1 Å². The molecule has 0 aromatic carbocycles. The second-order valence-electron chi connectivity index (χ2n) is 4.40. The van der Waals surface area contributed by atoms with Crippen LogP contribution in [0.2, 0.25) is 0 Å². The third-order valence-electron chi connectivity index (χ3n) is 3.20. The van der Waals surface area contributed by atoms with Gasteiger partial charge < -0.3 is 14.2 Å². The molecule has 6 nitrogen and oxygen atoms in total. The Morgan fingerprint density at radius 3 is 2.40 bits per heavy atom. The average molecular weight is 291 g/mol. The first kappa shape index (κ1) is 12.9. The summed E-state index contributed by atoms with van der Waals surface area (Å²) in [5, 5.41) is 2.28. The van der Waals surface area contributed by atoms with Crippen molar-refractivity contribution in [3.8, 4) is 0 Å². The second kappa shape index (κ2) is 5.46. The Balaban J connectivity index is 1.60. The molecule has 104 valence electrons. The lowest BCUT2D eigenvalue weighted by atomic mass is 10.3. The zero-order valence-electron chi connectivity index (χ0n) is 10.7. The van der Waals surface area contributed by atoms with E-state index in [4.69, 9.17) is 4.42 Å². The Hall–Kier alpha value is -2.15. The molecule has 20 heavy (non-hydrogen) atoms. The van der Waals surface area contributed by atoms with E-state index in [2.05, 4.69) is 4.98 Å². The van der Waals surface area contributed by atoms with Crippen molar-refractivity contribution >= 4 is 23.2 Å². The van der Waals surface area contributed by atoms with Crippen LogP contribution in [0.25, 0.3) is 0 Å². The quantitative estimate of drug-likeness (QED) is 0.837. The van der Waals surface area contributed by atoms with Crippen molar-refractivity contribution in [2.45, 2.75) is 0 Å². The largest absolute Gasteiger partial charge is 0.459 e. The molecule has 0 saturated carbocycles. The average Bonchev–Trinajstić information content (AvgIpc) is 3.18. The number of aromatic nitrogens is 1. The topological polar surface area (TPSA) is 66.7 Å². The summed E-state index contributed by atoms with van der Waals surface area (Å²) < 4.78 is 5.10. The summed E-state index contributed by atoms with van der Waals surface area (Å²) in [5.41, 5.74) is 0. The number of hydrogen-bond donors (Lipinski definition) is 0. The number of amides is 2. The molecule has 3 heterocycles. The van der Waals surface area contributed by atoms with E-state index >= 15 is 0 Å². The highest BCUT2D eigenvalue weighted by Gasteiger charge is 2.27. The molecule has 1 fully saturated rings. The summed E-state index contributed by atoms with van der Waals surface area (Å²) in [4.78, 5) is 31.6. The Bertz CT molecular complexity index is 532. The van der Waals surface area contributed by atoms with E-state index in [-0.39, 0.29) is 11.8 Å². The number of piperazine rings is 1. The molecular weight excluding hydrogens is 278 g/mol. The predicted molar refractivity (Wildman–Crippen MR) is 72.6 cm³/mol. The summed E-state index contributed by atoms with van der Waals surface area (Å²) in [7, 11) is 0. The summed E-state index contributed by atoms with van der Waals surface area (Å²) in [6.45, 7) is 2.06. The standard InChI is InChI=1S/C13H13N3O3S/c17-12(10-2-1-8-19-10)15-4-6-16(7-5-15)13(18)11-14-3-9-20-11/h1-3,8-9H,4-7H2. The fourth-order valence-corrected chi connectivity index (χ4v) is 2.74. The van der Waals surface area contributed by atoms with Gasteiger partial charge in [-0.15, -0.1) is 11.3 Å². The fourth-order valence-electron chi connectivity index (χ4n) is 2.13. The summed E-state index contributed by atoms with van der Waals surface area (Å²) in [5.74, 6) is 0.145. The number of carbonyl (C=O) groups excluding carboxylic acids is 2.